The van der Waals surface area contributed by atoms with E-state index in [1.807, 2.05) is 79.0 Å². The second kappa shape index (κ2) is 10.9. The third-order valence-corrected chi connectivity index (χ3v) is 9.99. The number of methoxy groups -OCH3 is 1. The summed E-state index contributed by atoms with van der Waals surface area (Å²) in [7, 11) is 1.64. The Bertz CT molecular complexity index is 2450. The van der Waals surface area contributed by atoms with Gasteiger partial charge in [-0.3, -0.25) is 14.5 Å². The number of ether oxygens (including phenoxy) is 1. The van der Waals surface area contributed by atoms with E-state index in [-0.39, 0.29) is 24.7 Å². The summed E-state index contributed by atoms with van der Waals surface area (Å²) in [6, 6.07) is 36.6. The van der Waals surface area contributed by atoms with Gasteiger partial charge in [-0.1, -0.05) is 66.7 Å². The van der Waals surface area contributed by atoms with Gasteiger partial charge in [0.25, 0.3) is 11.8 Å². The molecule has 2 amide bonds. The van der Waals surface area contributed by atoms with Crippen LogP contribution >= 0.6 is 0 Å². The molecular weight excluding hydrogens is 626 g/mol. The molecule has 1 N–H and O–H groups in total. The van der Waals surface area contributed by atoms with Crippen molar-refractivity contribution in [2.45, 2.75) is 30.9 Å². The van der Waals surface area contributed by atoms with Gasteiger partial charge in [0, 0.05) is 47.2 Å². The van der Waals surface area contributed by atoms with Crippen molar-refractivity contribution in [3.8, 4) is 39.4 Å². The lowest BCUT2D eigenvalue weighted by Gasteiger charge is -2.55. The van der Waals surface area contributed by atoms with Crippen molar-refractivity contribution in [3.63, 3.8) is 0 Å². The molecule has 7 aromatic rings. The molecule has 9 heteroatoms. The Morgan fingerprint density at radius 3 is 2.02 bits per heavy atom. The summed E-state index contributed by atoms with van der Waals surface area (Å²) in [5.74, 6) is 0.0985. The number of carbonyl (C=O) groups is 2. The summed E-state index contributed by atoms with van der Waals surface area (Å²) < 4.78 is 7.10. The Hall–Kier alpha value is -6.19. The lowest BCUT2D eigenvalue weighted by molar-refractivity contribution is -0.118. The first-order valence-corrected chi connectivity index (χ1v) is 16.5. The highest BCUT2D eigenvalue weighted by Gasteiger charge is 2.60. The van der Waals surface area contributed by atoms with Crippen LogP contribution in [0.4, 0.5) is 0 Å². The van der Waals surface area contributed by atoms with E-state index in [0.29, 0.717) is 22.4 Å². The number of fused-ring (bicyclic) bond motifs is 4. The Balaban J connectivity index is 1.17. The van der Waals surface area contributed by atoms with Gasteiger partial charge in [-0.05, 0) is 60.5 Å². The van der Waals surface area contributed by atoms with E-state index in [4.69, 9.17) is 19.8 Å². The van der Waals surface area contributed by atoms with E-state index in [0.717, 1.165) is 50.3 Å². The fourth-order valence-electron chi connectivity index (χ4n) is 7.72. The van der Waals surface area contributed by atoms with Crippen molar-refractivity contribution >= 4 is 28.5 Å². The van der Waals surface area contributed by atoms with Crippen LogP contribution in [0.1, 0.15) is 46.0 Å². The van der Waals surface area contributed by atoms with Crippen molar-refractivity contribution < 1.29 is 19.4 Å². The lowest BCUT2D eigenvalue weighted by atomic mass is 9.61. The van der Waals surface area contributed by atoms with E-state index in [2.05, 4.69) is 18.2 Å². The first-order chi connectivity index (χ1) is 24.2. The Kier molecular flexibility index (Phi) is 6.53. The normalized spacial score (nSPS) is 19.9. The number of rotatable bonds is 6. The Morgan fingerprint density at radius 2 is 1.38 bits per heavy atom. The van der Waals surface area contributed by atoms with E-state index >= 15 is 0 Å². The van der Waals surface area contributed by atoms with Crippen molar-refractivity contribution in [1.82, 2.24) is 24.5 Å². The van der Waals surface area contributed by atoms with E-state index in [1.165, 1.54) is 4.90 Å². The molecular formula is C41H31N5O4. The number of hydrogen-bond donors (Lipinski definition) is 1. The molecule has 9 nitrogen and oxygen atoms in total. The minimum atomic E-state index is -1.01. The third kappa shape index (κ3) is 4.54. The molecule has 0 atom stereocenters. The number of benzene rings is 4. The van der Waals surface area contributed by atoms with Crippen LogP contribution in [0, 0.1) is 0 Å². The molecule has 4 heterocycles. The standard InChI is InChI=1S/C41H31N5O4/c1-40(49)23-41(24-40,45-38(47)31-10-6-7-11-32(31)39(45)48)29-16-12-27(13-17-29)36-33(25-8-4-3-5-9-25)20-28-22-42-35-21-34(44-46(35)37(28)43-36)26-14-18-30(50-2)19-15-26/h3-22,49H,23-24H2,1-2H3/t40-,41-. The Morgan fingerprint density at radius 1 is 0.740 bits per heavy atom. The molecule has 0 spiro atoms. The van der Waals surface area contributed by atoms with Crippen molar-refractivity contribution in [2.75, 3.05) is 7.11 Å². The maximum Gasteiger partial charge on any atom is 0.262 e. The first kappa shape index (κ1) is 29.9. The van der Waals surface area contributed by atoms with Gasteiger partial charge in [-0.25, -0.2) is 9.97 Å². The molecule has 3 aromatic heterocycles. The highest BCUT2D eigenvalue weighted by Crippen LogP contribution is 2.54. The molecule has 1 aliphatic carbocycles. The van der Waals surface area contributed by atoms with E-state index in [1.54, 1.807) is 42.8 Å². The van der Waals surface area contributed by atoms with Gasteiger partial charge in [-0.15, -0.1) is 0 Å². The largest absolute Gasteiger partial charge is 0.497 e. The van der Waals surface area contributed by atoms with Crippen molar-refractivity contribution in [1.29, 1.82) is 0 Å². The smallest absolute Gasteiger partial charge is 0.262 e. The quantitative estimate of drug-likeness (QED) is 0.187. The van der Waals surface area contributed by atoms with Crippen LogP contribution in [-0.2, 0) is 5.54 Å². The van der Waals surface area contributed by atoms with Crippen LogP contribution in [-0.4, -0.2) is 54.1 Å². The van der Waals surface area contributed by atoms with Crippen LogP contribution in [0.5, 0.6) is 5.75 Å². The minimum absolute atomic E-state index is 0.245. The van der Waals surface area contributed by atoms with Crippen molar-refractivity contribution in [2.24, 2.45) is 0 Å². The fourth-order valence-corrected chi connectivity index (χ4v) is 7.72. The van der Waals surface area contributed by atoms with Gasteiger partial charge >= 0.3 is 0 Å². The maximum atomic E-state index is 13.7. The summed E-state index contributed by atoms with van der Waals surface area (Å²) in [6.45, 7) is 1.74. The molecule has 1 fully saturated rings. The average molecular weight is 658 g/mol. The number of aliphatic hydroxyl groups is 1. The van der Waals surface area contributed by atoms with Crippen LogP contribution in [0.15, 0.2) is 121 Å². The molecule has 0 bridgehead atoms. The van der Waals surface area contributed by atoms with E-state index < -0.39 is 11.1 Å². The van der Waals surface area contributed by atoms with Gasteiger partial charge in [-0.2, -0.15) is 9.61 Å². The van der Waals surface area contributed by atoms with Crippen molar-refractivity contribution in [3.05, 3.63) is 138 Å². The molecule has 0 unspecified atom stereocenters. The number of carbonyl (C=O) groups excluding carboxylic acids is 2. The van der Waals surface area contributed by atoms with Gasteiger partial charge in [0.05, 0.1) is 40.8 Å². The summed E-state index contributed by atoms with van der Waals surface area (Å²) in [5.41, 5.74) is 6.14. The topological polar surface area (TPSA) is 110 Å². The fraction of sp³-hybridized carbons (Fsp3) is 0.146. The second-order valence-corrected chi connectivity index (χ2v) is 13.4. The molecule has 50 heavy (non-hydrogen) atoms. The molecule has 0 saturated heterocycles. The SMILES string of the molecule is COc1ccc(-c2cc3ncc4cc(-c5ccccc5)c(-c5ccc([C@]6(N7C(=O)c8ccccc8C7=O)C[C@](C)(O)C6)cc5)nc4n3n2)cc1. The predicted octanol–water partition coefficient (Wildman–Crippen LogP) is 7.32. The molecule has 2 aliphatic rings. The van der Waals surface area contributed by atoms with Gasteiger partial charge in [0.2, 0.25) is 0 Å². The second-order valence-electron chi connectivity index (χ2n) is 13.4. The number of pyridine rings is 1. The monoisotopic (exact) mass is 657 g/mol. The number of aromatic nitrogens is 4. The van der Waals surface area contributed by atoms with Gasteiger partial charge in [0.15, 0.2) is 11.3 Å². The Labute approximate surface area is 287 Å². The number of nitrogens with zero attached hydrogens (tertiary/aromatic N) is 5. The number of hydrogen-bond acceptors (Lipinski definition) is 7. The zero-order valence-corrected chi connectivity index (χ0v) is 27.4. The van der Waals surface area contributed by atoms with Crippen LogP contribution in [0.3, 0.4) is 0 Å². The van der Waals surface area contributed by atoms with Crippen LogP contribution in [0.25, 0.3) is 50.3 Å². The van der Waals surface area contributed by atoms with Gasteiger partial charge in [0.1, 0.15) is 5.75 Å². The molecule has 4 aromatic carbocycles. The molecule has 9 rings (SSSR count). The molecule has 0 radical (unpaired) electrons. The van der Waals surface area contributed by atoms with Crippen LogP contribution < -0.4 is 4.74 Å². The third-order valence-electron chi connectivity index (χ3n) is 9.99. The summed E-state index contributed by atoms with van der Waals surface area (Å²) >= 11 is 0. The first-order valence-electron chi connectivity index (χ1n) is 16.5. The average Bonchev–Trinajstić information content (AvgIpc) is 3.69. The minimum Gasteiger partial charge on any atom is -0.497 e. The zero-order chi connectivity index (χ0) is 34.2. The van der Waals surface area contributed by atoms with Gasteiger partial charge < -0.3 is 9.84 Å². The summed E-state index contributed by atoms with van der Waals surface area (Å²) in [6.07, 6.45) is 2.31. The molecule has 244 valence electrons. The molecule has 1 saturated carbocycles. The number of amides is 2. The maximum absolute atomic E-state index is 13.7. The predicted molar refractivity (Wildman–Crippen MR) is 190 cm³/mol. The number of imide groups is 1. The zero-order valence-electron chi connectivity index (χ0n) is 27.4. The lowest BCUT2D eigenvalue weighted by Crippen LogP contribution is -2.63. The highest BCUT2D eigenvalue weighted by atomic mass is 16.5. The molecule has 1 aliphatic heterocycles. The summed E-state index contributed by atoms with van der Waals surface area (Å²) in [4.78, 5) is 38.7. The summed E-state index contributed by atoms with van der Waals surface area (Å²) in [5, 5.41) is 16.7. The van der Waals surface area contributed by atoms with Crippen LogP contribution in [0.2, 0.25) is 0 Å². The highest BCUT2D eigenvalue weighted by molar-refractivity contribution is 6.22. The van der Waals surface area contributed by atoms with E-state index in [9.17, 15) is 14.7 Å².